The van der Waals surface area contributed by atoms with Crippen molar-refractivity contribution in [1.82, 2.24) is 4.31 Å². The fraction of sp³-hybridized carbons (Fsp3) is 0.333. The molecule has 1 aliphatic heterocycles. The van der Waals surface area contributed by atoms with Crippen LogP contribution in [0.5, 0.6) is 11.5 Å². The first-order valence-electron chi connectivity index (χ1n) is 8.68. The first-order chi connectivity index (χ1) is 14.2. The lowest BCUT2D eigenvalue weighted by Gasteiger charge is -2.25. The van der Waals surface area contributed by atoms with Crippen LogP contribution in [0.2, 0.25) is 0 Å². The molecule has 12 heteroatoms. The van der Waals surface area contributed by atoms with Gasteiger partial charge in [0, 0.05) is 25.8 Å². The number of carbonyl (C=O) groups is 2. The fourth-order valence-electron chi connectivity index (χ4n) is 2.71. The molecule has 30 heavy (non-hydrogen) atoms. The Balaban J connectivity index is 1.81. The number of anilines is 2. The van der Waals surface area contributed by atoms with Gasteiger partial charge in [0.15, 0.2) is 11.5 Å². The van der Waals surface area contributed by atoms with E-state index < -0.39 is 15.9 Å². The summed E-state index contributed by atoms with van der Waals surface area (Å²) in [4.78, 5) is 26.4. The average molecular weight is 472 g/mol. The number of hydrogen-bond acceptors (Lipinski definition) is 8. The molecule has 2 amide bonds. The van der Waals surface area contributed by atoms with Crippen LogP contribution in [-0.4, -0.2) is 65.1 Å². The second-order valence-corrected chi connectivity index (χ2v) is 11.1. The number of benzene rings is 1. The highest BCUT2D eigenvalue weighted by Gasteiger charge is 2.32. The Kier molecular flexibility index (Phi) is 6.60. The van der Waals surface area contributed by atoms with E-state index >= 15 is 0 Å². The van der Waals surface area contributed by atoms with Gasteiger partial charge in [0.2, 0.25) is 11.8 Å². The summed E-state index contributed by atoms with van der Waals surface area (Å²) in [6.07, 6.45) is 0. The number of fused-ring (bicyclic) bond motifs is 1. The van der Waals surface area contributed by atoms with Gasteiger partial charge in [-0.25, -0.2) is 12.7 Å². The summed E-state index contributed by atoms with van der Waals surface area (Å²) >= 11 is 2.37. The number of hydrogen-bond donors (Lipinski definition) is 1. The monoisotopic (exact) mass is 471 g/mol. The molecule has 0 aliphatic carbocycles. The van der Waals surface area contributed by atoms with Crippen LogP contribution in [0.1, 0.15) is 0 Å². The van der Waals surface area contributed by atoms with Gasteiger partial charge >= 0.3 is 0 Å². The number of rotatable bonds is 7. The molecule has 1 aliphatic rings. The Morgan fingerprint density at radius 3 is 2.53 bits per heavy atom. The third-order valence-corrected chi connectivity index (χ3v) is 8.93. The Morgan fingerprint density at radius 2 is 1.90 bits per heavy atom. The SMILES string of the molecule is COc1ccc(NC(=O)CN2C(=O)CSc3sc(S(=O)(=O)N(C)C)cc32)cc1OC. The second kappa shape index (κ2) is 8.84. The number of thiophene rings is 1. The molecule has 0 radical (unpaired) electrons. The molecule has 0 spiro atoms. The summed E-state index contributed by atoms with van der Waals surface area (Å²) in [7, 11) is 2.27. The van der Waals surface area contributed by atoms with Crippen LogP contribution < -0.4 is 19.7 Å². The highest BCUT2D eigenvalue weighted by molar-refractivity contribution is 8.02. The van der Waals surface area contributed by atoms with Gasteiger partial charge in [-0.15, -0.1) is 23.1 Å². The lowest BCUT2D eigenvalue weighted by atomic mass is 10.2. The molecule has 1 N–H and O–H groups in total. The van der Waals surface area contributed by atoms with Crippen molar-refractivity contribution < 1.29 is 27.5 Å². The van der Waals surface area contributed by atoms with Crippen LogP contribution in [0, 0.1) is 0 Å². The van der Waals surface area contributed by atoms with Crippen molar-refractivity contribution in [3.05, 3.63) is 24.3 Å². The summed E-state index contributed by atoms with van der Waals surface area (Å²) in [6.45, 7) is -0.237. The number of methoxy groups -OCH3 is 2. The second-order valence-electron chi connectivity index (χ2n) is 6.41. The molecule has 0 fully saturated rings. The maximum absolute atomic E-state index is 12.6. The van der Waals surface area contributed by atoms with Gasteiger partial charge in [-0.3, -0.25) is 9.59 Å². The normalized spacial score (nSPS) is 13.9. The number of nitrogens with one attached hydrogen (secondary N) is 1. The average Bonchev–Trinajstić information content (AvgIpc) is 3.15. The lowest BCUT2D eigenvalue weighted by molar-refractivity contribution is -0.120. The standard InChI is InChI=1S/C18H21N3O6S3/c1-20(2)30(24,25)17-8-12-18(29-17)28-10-16(23)21(12)9-15(22)19-11-5-6-13(26-3)14(7-11)27-4/h5-8H,9-10H2,1-4H3,(H,19,22). The van der Waals surface area contributed by atoms with Crippen LogP contribution in [0.3, 0.4) is 0 Å². The van der Waals surface area contributed by atoms with Gasteiger partial charge in [-0.2, -0.15) is 0 Å². The Bertz CT molecular complexity index is 1080. The predicted octanol–water partition coefficient (Wildman–Crippen LogP) is 2.09. The minimum Gasteiger partial charge on any atom is -0.493 e. The Labute approximate surface area is 183 Å². The molecule has 0 bridgehead atoms. The summed E-state index contributed by atoms with van der Waals surface area (Å²) in [5.74, 6) is 0.437. The van der Waals surface area contributed by atoms with E-state index in [1.165, 1.54) is 51.0 Å². The van der Waals surface area contributed by atoms with E-state index in [2.05, 4.69) is 5.32 Å². The van der Waals surface area contributed by atoms with Gasteiger partial charge in [-0.1, -0.05) is 0 Å². The molecule has 3 rings (SSSR count). The number of amides is 2. The van der Waals surface area contributed by atoms with Gasteiger partial charge < -0.3 is 19.7 Å². The van der Waals surface area contributed by atoms with E-state index in [0.717, 1.165) is 15.6 Å². The molecular formula is C18H21N3O6S3. The molecule has 0 saturated carbocycles. The van der Waals surface area contributed by atoms with Crippen LogP contribution in [0.25, 0.3) is 0 Å². The summed E-state index contributed by atoms with van der Waals surface area (Å²) in [5.41, 5.74) is 0.919. The topological polar surface area (TPSA) is 105 Å². The molecule has 2 aromatic rings. The third kappa shape index (κ3) is 4.41. The van der Waals surface area contributed by atoms with Gasteiger partial charge in [-0.05, 0) is 18.2 Å². The van der Waals surface area contributed by atoms with Crippen molar-refractivity contribution in [2.24, 2.45) is 0 Å². The van der Waals surface area contributed by atoms with Crippen molar-refractivity contribution in [2.75, 3.05) is 50.8 Å². The van der Waals surface area contributed by atoms with E-state index in [1.807, 2.05) is 0 Å². The zero-order valence-electron chi connectivity index (χ0n) is 16.8. The summed E-state index contributed by atoms with van der Waals surface area (Å²) in [6, 6.07) is 6.38. The predicted molar refractivity (Wildman–Crippen MR) is 116 cm³/mol. The fourth-order valence-corrected chi connectivity index (χ4v) is 6.65. The first-order valence-corrected chi connectivity index (χ1v) is 11.9. The molecule has 0 atom stereocenters. The maximum Gasteiger partial charge on any atom is 0.252 e. The van der Waals surface area contributed by atoms with E-state index in [-0.39, 0.29) is 22.4 Å². The van der Waals surface area contributed by atoms with Crippen molar-refractivity contribution >= 4 is 56.3 Å². The molecule has 1 aromatic heterocycles. The third-order valence-electron chi connectivity index (χ3n) is 4.28. The Hall–Kier alpha value is -2.28. The van der Waals surface area contributed by atoms with Crippen molar-refractivity contribution in [2.45, 2.75) is 8.42 Å². The lowest BCUT2D eigenvalue weighted by Crippen LogP contribution is -2.40. The van der Waals surface area contributed by atoms with Crippen molar-refractivity contribution in [3.8, 4) is 11.5 Å². The van der Waals surface area contributed by atoms with Crippen LogP contribution in [0.4, 0.5) is 11.4 Å². The van der Waals surface area contributed by atoms with Crippen LogP contribution >= 0.6 is 23.1 Å². The van der Waals surface area contributed by atoms with E-state index in [0.29, 0.717) is 27.1 Å². The van der Waals surface area contributed by atoms with E-state index in [4.69, 9.17) is 9.47 Å². The molecule has 9 nitrogen and oxygen atoms in total. The van der Waals surface area contributed by atoms with Crippen molar-refractivity contribution in [3.63, 3.8) is 0 Å². The first kappa shape index (κ1) is 22.4. The quantitative estimate of drug-likeness (QED) is 0.659. The largest absolute Gasteiger partial charge is 0.493 e. The van der Waals surface area contributed by atoms with E-state index in [9.17, 15) is 18.0 Å². The van der Waals surface area contributed by atoms with Gasteiger partial charge in [0.25, 0.3) is 10.0 Å². The minimum absolute atomic E-state index is 0.130. The van der Waals surface area contributed by atoms with Gasteiger partial charge in [0.05, 0.1) is 29.9 Å². The molecule has 162 valence electrons. The number of ether oxygens (including phenoxy) is 2. The highest BCUT2D eigenvalue weighted by atomic mass is 32.3. The summed E-state index contributed by atoms with van der Waals surface area (Å²) in [5, 5.41) is 2.72. The highest BCUT2D eigenvalue weighted by Crippen LogP contribution is 2.44. The number of sulfonamides is 1. The maximum atomic E-state index is 12.6. The molecule has 0 unspecified atom stereocenters. The number of thioether (sulfide) groups is 1. The smallest absolute Gasteiger partial charge is 0.252 e. The zero-order chi connectivity index (χ0) is 22.1. The molecule has 0 saturated heterocycles. The number of nitrogens with zero attached hydrogens (tertiary/aromatic N) is 2. The van der Waals surface area contributed by atoms with Crippen LogP contribution in [-0.2, 0) is 19.6 Å². The number of carbonyl (C=O) groups excluding carboxylic acids is 2. The van der Waals surface area contributed by atoms with Crippen LogP contribution in [0.15, 0.2) is 32.7 Å². The zero-order valence-corrected chi connectivity index (χ0v) is 19.2. The summed E-state index contributed by atoms with van der Waals surface area (Å²) < 4.78 is 37.2. The molecular weight excluding hydrogens is 450 g/mol. The van der Waals surface area contributed by atoms with E-state index in [1.54, 1.807) is 18.2 Å². The molecule has 1 aromatic carbocycles. The van der Waals surface area contributed by atoms with Crippen molar-refractivity contribution in [1.29, 1.82) is 0 Å². The Morgan fingerprint density at radius 1 is 1.20 bits per heavy atom. The molecule has 2 heterocycles. The minimum atomic E-state index is -3.63. The van der Waals surface area contributed by atoms with Gasteiger partial charge in [0.1, 0.15) is 10.8 Å².